The molecule has 1 heterocycles. The molecule has 0 spiro atoms. The molecule has 0 unspecified atom stereocenters. The average molecular weight is 344 g/mol. The normalized spacial score (nSPS) is 17.3. The second kappa shape index (κ2) is 8.23. The van der Waals surface area contributed by atoms with E-state index in [0.29, 0.717) is 25.4 Å². The maximum atomic E-state index is 12.2. The van der Waals surface area contributed by atoms with E-state index < -0.39 is 0 Å². The first-order valence-corrected chi connectivity index (χ1v) is 9.26. The molecule has 2 fully saturated rings. The number of nitrogens with one attached hydrogen (secondary N) is 2. The fourth-order valence-corrected chi connectivity index (χ4v) is 3.15. The maximum absolute atomic E-state index is 12.2. The van der Waals surface area contributed by atoms with Crippen LogP contribution in [0.5, 0.6) is 0 Å². The zero-order valence-electron chi connectivity index (χ0n) is 15.0. The number of nitrogens with zero attached hydrogens (tertiary/aromatic N) is 2. The largest absolute Gasteiger partial charge is 0.368 e. The van der Waals surface area contributed by atoms with E-state index in [1.165, 1.54) is 11.3 Å². The molecule has 1 aliphatic carbocycles. The molecule has 6 nitrogen and oxygen atoms in total. The lowest BCUT2D eigenvalue weighted by molar-refractivity contribution is -0.121. The molecule has 1 aliphatic heterocycles. The molecule has 1 aromatic carbocycles. The highest BCUT2D eigenvalue weighted by molar-refractivity contribution is 5.77. The fraction of sp³-hybridized carbons (Fsp3) is 0.579. The number of aryl methyl sites for hydroxylation is 1. The minimum atomic E-state index is -0.0213. The summed E-state index contributed by atoms with van der Waals surface area (Å²) < 4.78 is 0. The Kier molecular flexibility index (Phi) is 5.79. The first-order valence-electron chi connectivity index (χ1n) is 9.26. The van der Waals surface area contributed by atoms with E-state index in [1.54, 1.807) is 0 Å². The van der Waals surface area contributed by atoms with Crippen LogP contribution >= 0.6 is 0 Å². The highest BCUT2D eigenvalue weighted by Crippen LogP contribution is 2.21. The second-order valence-corrected chi connectivity index (χ2v) is 6.94. The van der Waals surface area contributed by atoms with Crippen LogP contribution in [0.25, 0.3) is 0 Å². The van der Waals surface area contributed by atoms with Crippen LogP contribution in [0.1, 0.15) is 31.2 Å². The molecule has 0 radical (unpaired) electrons. The van der Waals surface area contributed by atoms with Crippen molar-refractivity contribution in [3.8, 4) is 0 Å². The number of piperazine rings is 1. The Morgan fingerprint density at radius 1 is 1.12 bits per heavy atom. The Bertz CT molecular complexity index is 607. The third-order valence-corrected chi connectivity index (χ3v) is 4.82. The van der Waals surface area contributed by atoms with Crippen molar-refractivity contribution in [3.63, 3.8) is 0 Å². The number of carbonyl (C=O) groups is 2. The van der Waals surface area contributed by atoms with Gasteiger partial charge in [0.05, 0.1) is 0 Å². The summed E-state index contributed by atoms with van der Waals surface area (Å²) in [5, 5.41) is 5.89. The highest BCUT2D eigenvalue weighted by atomic mass is 16.2. The lowest BCUT2D eigenvalue weighted by Crippen LogP contribution is -2.52. The van der Waals surface area contributed by atoms with Crippen LogP contribution in [-0.4, -0.2) is 55.6 Å². The van der Waals surface area contributed by atoms with Gasteiger partial charge in [-0.2, -0.15) is 0 Å². The second-order valence-electron chi connectivity index (χ2n) is 6.94. The van der Waals surface area contributed by atoms with Crippen molar-refractivity contribution in [2.24, 2.45) is 0 Å². The summed E-state index contributed by atoms with van der Waals surface area (Å²) in [4.78, 5) is 28.0. The monoisotopic (exact) mass is 344 g/mol. The lowest BCUT2D eigenvalue weighted by atomic mass is 10.1. The summed E-state index contributed by atoms with van der Waals surface area (Å²) in [5.41, 5.74) is 2.52. The standard InChI is InChI=1S/C19H28N4O2/c1-15-5-2-3-6-17(15)22-11-13-23(14-12-22)19(25)20-10-4-7-18(24)21-16-8-9-16/h2-3,5-6,16H,4,7-14H2,1H3,(H,20,25)(H,21,24). The van der Waals surface area contributed by atoms with Crippen LogP contribution in [0, 0.1) is 6.92 Å². The zero-order chi connectivity index (χ0) is 17.6. The Hall–Kier alpha value is -2.24. The number of anilines is 1. The summed E-state index contributed by atoms with van der Waals surface area (Å²) in [6.07, 6.45) is 3.39. The Morgan fingerprint density at radius 2 is 1.84 bits per heavy atom. The van der Waals surface area contributed by atoms with Crippen LogP contribution in [-0.2, 0) is 4.79 Å². The van der Waals surface area contributed by atoms with Gasteiger partial charge in [-0.25, -0.2) is 4.79 Å². The number of carbonyl (C=O) groups excluding carboxylic acids is 2. The van der Waals surface area contributed by atoms with Gasteiger partial charge >= 0.3 is 6.03 Å². The number of benzene rings is 1. The van der Waals surface area contributed by atoms with Crippen molar-refractivity contribution in [2.45, 2.75) is 38.6 Å². The molecule has 6 heteroatoms. The van der Waals surface area contributed by atoms with E-state index in [-0.39, 0.29) is 11.9 Å². The molecule has 3 amide bonds. The molecule has 1 aromatic rings. The van der Waals surface area contributed by atoms with Gasteiger partial charge in [-0.05, 0) is 37.8 Å². The van der Waals surface area contributed by atoms with E-state index in [1.807, 2.05) is 11.0 Å². The van der Waals surface area contributed by atoms with Gasteiger partial charge in [0.15, 0.2) is 0 Å². The van der Waals surface area contributed by atoms with Gasteiger partial charge in [0.25, 0.3) is 0 Å². The average Bonchev–Trinajstić information content (AvgIpc) is 3.43. The van der Waals surface area contributed by atoms with Crippen molar-refractivity contribution in [3.05, 3.63) is 29.8 Å². The Balaban J connectivity index is 1.34. The van der Waals surface area contributed by atoms with Gasteiger partial charge in [-0.15, -0.1) is 0 Å². The van der Waals surface area contributed by atoms with Crippen molar-refractivity contribution >= 4 is 17.6 Å². The highest BCUT2D eigenvalue weighted by Gasteiger charge is 2.23. The summed E-state index contributed by atoms with van der Waals surface area (Å²) in [6.45, 7) is 5.82. The molecule has 25 heavy (non-hydrogen) atoms. The summed E-state index contributed by atoms with van der Waals surface area (Å²) in [7, 11) is 0. The number of rotatable bonds is 6. The van der Waals surface area contributed by atoms with Crippen molar-refractivity contribution in [2.75, 3.05) is 37.6 Å². The molecule has 0 atom stereocenters. The van der Waals surface area contributed by atoms with Gasteiger partial charge in [-0.3, -0.25) is 4.79 Å². The van der Waals surface area contributed by atoms with Crippen LogP contribution in [0.2, 0.25) is 0 Å². The number of hydrogen-bond donors (Lipinski definition) is 2. The topological polar surface area (TPSA) is 64.7 Å². The van der Waals surface area contributed by atoms with Crippen LogP contribution < -0.4 is 15.5 Å². The molecule has 0 bridgehead atoms. The van der Waals surface area contributed by atoms with E-state index in [9.17, 15) is 9.59 Å². The zero-order valence-corrected chi connectivity index (χ0v) is 15.0. The minimum absolute atomic E-state index is 0.0213. The van der Waals surface area contributed by atoms with Crippen molar-refractivity contribution in [1.29, 1.82) is 0 Å². The first kappa shape index (κ1) is 17.6. The van der Waals surface area contributed by atoms with Crippen LogP contribution in [0.4, 0.5) is 10.5 Å². The number of para-hydroxylation sites is 1. The molecule has 0 aromatic heterocycles. The molecule has 3 rings (SSSR count). The molecular formula is C19H28N4O2. The van der Waals surface area contributed by atoms with Crippen molar-refractivity contribution < 1.29 is 9.59 Å². The van der Waals surface area contributed by atoms with Gasteiger partial charge < -0.3 is 20.4 Å². The van der Waals surface area contributed by atoms with E-state index >= 15 is 0 Å². The third kappa shape index (κ3) is 5.11. The van der Waals surface area contributed by atoms with Gasteiger partial charge in [0.1, 0.15) is 0 Å². The fourth-order valence-electron chi connectivity index (χ4n) is 3.15. The lowest BCUT2D eigenvalue weighted by Gasteiger charge is -2.36. The van der Waals surface area contributed by atoms with Gasteiger partial charge in [0.2, 0.25) is 5.91 Å². The quantitative estimate of drug-likeness (QED) is 0.775. The number of amides is 3. The SMILES string of the molecule is Cc1ccccc1N1CCN(C(=O)NCCCC(=O)NC2CC2)CC1. The smallest absolute Gasteiger partial charge is 0.317 e. The number of urea groups is 1. The van der Waals surface area contributed by atoms with E-state index in [4.69, 9.17) is 0 Å². The summed E-state index contributed by atoms with van der Waals surface area (Å²) in [6, 6.07) is 8.75. The summed E-state index contributed by atoms with van der Waals surface area (Å²) in [5.74, 6) is 0.101. The van der Waals surface area contributed by atoms with Crippen LogP contribution in [0.3, 0.4) is 0 Å². The maximum Gasteiger partial charge on any atom is 0.317 e. The molecule has 1 saturated heterocycles. The Labute approximate surface area is 149 Å². The first-order chi connectivity index (χ1) is 12.1. The molecule has 2 aliphatic rings. The van der Waals surface area contributed by atoms with Crippen LogP contribution in [0.15, 0.2) is 24.3 Å². The third-order valence-electron chi connectivity index (χ3n) is 4.82. The molecule has 1 saturated carbocycles. The predicted octanol–water partition coefficient (Wildman–Crippen LogP) is 1.89. The summed E-state index contributed by atoms with van der Waals surface area (Å²) >= 11 is 0. The minimum Gasteiger partial charge on any atom is -0.368 e. The molecular weight excluding hydrogens is 316 g/mol. The van der Waals surface area contributed by atoms with E-state index in [0.717, 1.165) is 39.0 Å². The number of hydrogen-bond acceptors (Lipinski definition) is 3. The van der Waals surface area contributed by atoms with Gasteiger partial charge in [0, 0.05) is 50.9 Å². The molecule has 2 N–H and O–H groups in total. The van der Waals surface area contributed by atoms with E-state index in [2.05, 4.69) is 40.7 Å². The van der Waals surface area contributed by atoms with Crippen molar-refractivity contribution in [1.82, 2.24) is 15.5 Å². The Morgan fingerprint density at radius 3 is 2.52 bits per heavy atom. The predicted molar refractivity (Wildman–Crippen MR) is 98.8 cm³/mol. The molecule has 136 valence electrons. The van der Waals surface area contributed by atoms with Gasteiger partial charge in [-0.1, -0.05) is 18.2 Å².